The van der Waals surface area contributed by atoms with Crippen LogP contribution in [0.2, 0.25) is 0 Å². The van der Waals surface area contributed by atoms with E-state index in [-0.39, 0.29) is 0 Å². The van der Waals surface area contributed by atoms with Gasteiger partial charge in [0.15, 0.2) is 11.6 Å². The molecule has 2 aliphatic carbocycles. The van der Waals surface area contributed by atoms with Crippen LogP contribution in [-0.4, -0.2) is 38.2 Å². The Morgan fingerprint density at radius 2 is 1.80 bits per heavy atom. The largest absolute Gasteiger partial charge is 0.381 e. The third-order valence-electron chi connectivity index (χ3n) is 6.17. The van der Waals surface area contributed by atoms with Crippen LogP contribution in [0.15, 0.2) is 0 Å². The topological polar surface area (TPSA) is 68.6 Å². The monoisotopic (exact) mass is 341 g/mol. The van der Waals surface area contributed by atoms with Crippen molar-refractivity contribution in [3.05, 3.63) is 17.1 Å². The molecular formula is C19H27N5O. The van der Waals surface area contributed by atoms with Gasteiger partial charge in [0.1, 0.15) is 5.69 Å². The van der Waals surface area contributed by atoms with Crippen LogP contribution in [0, 0.1) is 0 Å². The number of nitrogens with zero attached hydrogens (tertiary/aromatic N) is 4. The molecule has 2 fully saturated rings. The van der Waals surface area contributed by atoms with E-state index in [2.05, 4.69) is 14.9 Å². The number of H-pyrrole nitrogens is 1. The zero-order chi connectivity index (χ0) is 16.6. The summed E-state index contributed by atoms with van der Waals surface area (Å²) in [7, 11) is 0. The van der Waals surface area contributed by atoms with Crippen LogP contribution in [0.4, 0.5) is 0 Å². The SMILES string of the molecule is C1CCC(n2nc(C3CCOCC3)nc2-c2n[nH]c3c2CCC3)CC1. The third-order valence-corrected chi connectivity index (χ3v) is 6.17. The molecule has 3 heterocycles. The first-order valence-corrected chi connectivity index (χ1v) is 10.0. The number of ether oxygens (including phenoxy) is 1. The molecule has 0 spiro atoms. The molecule has 3 aliphatic rings. The van der Waals surface area contributed by atoms with Crippen LogP contribution in [0.1, 0.15) is 80.4 Å². The molecule has 0 bridgehead atoms. The predicted molar refractivity (Wildman–Crippen MR) is 94.5 cm³/mol. The minimum atomic E-state index is 0.435. The van der Waals surface area contributed by atoms with E-state index in [0.717, 1.165) is 56.2 Å². The van der Waals surface area contributed by atoms with E-state index >= 15 is 0 Å². The van der Waals surface area contributed by atoms with Gasteiger partial charge in [-0.05, 0) is 44.9 Å². The highest BCUT2D eigenvalue weighted by Gasteiger charge is 2.30. The summed E-state index contributed by atoms with van der Waals surface area (Å²) in [5.41, 5.74) is 3.74. The number of rotatable bonds is 3. The van der Waals surface area contributed by atoms with Crippen molar-refractivity contribution in [2.75, 3.05) is 13.2 Å². The minimum Gasteiger partial charge on any atom is -0.381 e. The van der Waals surface area contributed by atoms with Crippen molar-refractivity contribution in [3.63, 3.8) is 0 Å². The van der Waals surface area contributed by atoms with Crippen LogP contribution in [-0.2, 0) is 17.6 Å². The normalized spacial score (nSPS) is 22.4. The first-order valence-electron chi connectivity index (χ1n) is 10.0. The Morgan fingerprint density at radius 3 is 2.64 bits per heavy atom. The second-order valence-corrected chi connectivity index (χ2v) is 7.80. The lowest BCUT2D eigenvalue weighted by atomic mass is 9.95. The molecule has 0 unspecified atom stereocenters. The highest BCUT2D eigenvalue weighted by Crippen LogP contribution is 2.36. The smallest absolute Gasteiger partial charge is 0.179 e. The van der Waals surface area contributed by atoms with Gasteiger partial charge >= 0.3 is 0 Å². The number of aryl methyl sites for hydroxylation is 1. The van der Waals surface area contributed by atoms with E-state index in [1.807, 2.05) is 0 Å². The lowest BCUT2D eigenvalue weighted by molar-refractivity contribution is 0.0834. The number of aromatic nitrogens is 5. The van der Waals surface area contributed by atoms with E-state index in [1.54, 1.807) is 0 Å². The fourth-order valence-corrected chi connectivity index (χ4v) is 4.71. The van der Waals surface area contributed by atoms with Gasteiger partial charge in [0, 0.05) is 30.4 Å². The van der Waals surface area contributed by atoms with Crippen molar-refractivity contribution >= 4 is 0 Å². The molecule has 0 radical (unpaired) electrons. The summed E-state index contributed by atoms with van der Waals surface area (Å²) in [5, 5.41) is 12.9. The van der Waals surface area contributed by atoms with Crippen LogP contribution >= 0.6 is 0 Å². The summed E-state index contributed by atoms with van der Waals surface area (Å²) in [4.78, 5) is 5.04. The maximum atomic E-state index is 5.53. The first-order chi connectivity index (χ1) is 12.4. The van der Waals surface area contributed by atoms with Crippen molar-refractivity contribution in [2.24, 2.45) is 0 Å². The molecule has 6 nitrogen and oxygen atoms in total. The molecule has 0 atom stereocenters. The Balaban J connectivity index is 1.55. The predicted octanol–water partition coefficient (Wildman–Crippen LogP) is 3.56. The number of fused-ring (bicyclic) bond motifs is 1. The minimum absolute atomic E-state index is 0.435. The highest BCUT2D eigenvalue weighted by molar-refractivity contribution is 5.58. The van der Waals surface area contributed by atoms with Gasteiger partial charge in [-0.2, -0.15) is 10.2 Å². The standard InChI is InChI=1S/C19H27N5O/c1-2-5-14(6-3-1)24-19(17-15-7-4-8-16(15)21-22-17)20-18(23-24)13-9-11-25-12-10-13/h13-14H,1-12H2,(H,21,22). The molecule has 2 aromatic rings. The molecule has 1 saturated carbocycles. The number of hydrogen-bond donors (Lipinski definition) is 1. The Labute approximate surface area is 148 Å². The molecular weight excluding hydrogens is 314 g/mol. The zero-order valence-corrected chi connectivity index (χ0v) is 14.8. The van der Waals surface area contributed by atoms with Crippen molar-refractivity contribution in [3.8, 4) is 11.5 Å². The molecule has 5 rings (SSSR count). The Bertz CT molecular complexity index is 737. The van der Waals surface area contributed by atoms with Gasteiger partial charge in [-0.1, -0.05) is 19.3 Å². The highest BCUT2D eigenvalue weighted by atomic mass is 16.5. The summed E-state index contributed by atoms with van der Waals surface area (Å²) >= 11 is 0. The van der Waals surface area contributed by atoms with Crippen molar-refractivity contribution in [1.29, 1.82) is 0 Å². The van der Waals surface area contributed by atoms with Gasteiger partial charge in [0.2, 0.25) is 0 Å². The van der Waals surface area contributed by atoms with Crippen LogP contribution < -0.4 is 0 Å². The molecule has 25 heavy (non-hydrogen) atoms. The fourth-order valence-electron chi connectivity index (χ4n) is 4.71. The fraction of sp³-hybridized carbons (Fsp3) is 0.737. The van der Waals surface area contributed by atoms with Crippen molar-refractivity contribution in [2.45, 2.75) is 76.2 Å². The summed E-state index contributed by atoms with van der Waals surface area (Å²) in [5.74, 6) is 2.45. The molecule has 1 aliphatic heterocycles. The van der Waals surface area contributed by atoms with Gasteiger partial charge < -0.3 is 4.74 Å². The van der Waals surface area contributed by atoms with E-state index in [0.29, 0.717) is 12.0 Å². The number of aromatic amines is 1. The lowest BCUT2D eigenvalue weighted by Gasteiger charge is -2.23. The molecule has 2 aromatic heterocycles. The van der Waals surface area contributed by atoms with E-state index in [9.17, 15) is 0 Å². The third kappa shape index (κ3) is 2.80. The molecule has 1 N–H and O–H groups in total. The Hall–Kier alpha value is -1.69. The molecule has 1 saturated heterocycles. The molecule has 6 heteroatoms. The maximum Gasteiger partial charge on any atom is 0.179 e. The van der Waals surface area contributed by atoms with Gasteiger partial charge in [0.05, 0.1) is 6.04 Å². The van der Waals surface area contributed by atoms with E-state index in [1.165, 1.54) is 49.8 Å². The van der Waals surface area contributed by atoms with Crippen LogP contribution in [0.3, 0.4) is 0 Å². The van der Waals surface area contributed by atoms with Crippen LogP contribution in [0.5, 0.6) is 0 Å². The summed E-state index contributed by atoms with van der Waals surface area (Å²) in [6, 6.07) is 0.485. The second kappa shape index (κ2) is 6.56. The Morgan fingerprint density at radius 1 is 0.960 bits per heavy atom. The quantitative estimate of drug-likeness (QED) is 0.927. The van der Waals surface area contributed by atoms with Crippen molar-refractivity contribution < 1.29 is 4.74 Å². The van der Waals surface area contributed by atoms with Gasteiger partial charge in [0.25, 0.3) is 0 Å². The van der Waals surface area contributed by atoms with Crippen LogP contribution in [0.25, 0.3) is 11.5 Å². The van der Waals surface area contributed by atoms with E-state index in [4.69, 9.17) is 14.8 Å². The van der Waals surface area contributed by atoms with Crippen molar-refractivity contribution in [1.82, 2.24) is 25.0 Å². The summed E-state index contributed by atoms with van der Waals surface area (Å²) in [6.07, 6.45) is 11.9. The first kappa shape index (κ1) is 15.6. The second-order valence-electron chi connectivity index (χ2n) is 7.80. The number of hydrogen-bond acceptors (Lipinski definition) is 4. The lowest BCUT2D eigenvalue weighted by Crippen LogP contribution is -2.17. The summed E-state index contributed by atoms with van der Waals surface area (Å²) < 4.78 is 7.76. The zero-order valence-electron chi connectivity index (χ0n) is 14.8. The average molecular weight is 341 g/mol. The molecule has 0 amide bonds. The number of nitrogens with one attached hydrogen (secondary N) is 1. The van der Waals surface area contributed by atoms with Gasteiger partial charge in [-0.3, -0.25) is 5.10 Å². The Kier molecular flexibility index (Phi) is 4.08. The average Bonchev–Trinajstić information content (AvgIpc) is 3.38. The summed E-state index contributed by atoms with van der Waals surface area (Å²) in [6.45, 7) is 1.66. The molecule has 134 valence electrons. The molecule has 0 aromatic carbocycles. The maximum absolute atomic E-state index is 5.53. The van der Waals surface area contributed by atoms with E-state index < -0.39 is 0 Å². The van der Waals surface area contributed by atoms with Gasteiger partial charge in [-0.25, -0.2) is 9.67 Å². The van der Waals surface area contributed by atoms with Gasteiger partial charge in [-0.15, -0.1) is 0 Å².